The highest BCUT2D eigenvalue weighted by Gasteiger charge is 2.20. The first kappa shape index (κ1) is 12.6. The van der Waals surface area contributed by atoms with Crippen molar-refractivity contribution in [2.24, 2.45) is 5.92 Å². The van der Waals surface area contributed by atoms with E-state index in [0.29, 0.717) is 12.0 Å². The molecule has 0 saturated carbocycles. The van der Waals surface area contributed by atoms with E-state index < -0.39 is 0 Å². The lowest BCUT2D eigenvalue weighted by Gasteiger charge is -2.20. The van der Waals surface area contributed by atoms with Crippen LogP contribution in [0.5, 0.6) is 0 Å². The molecule has 3 atom stereocenters. The lowest BCUT2D eigenvalue weighted by atomic mass is 9.92. The molecule has 0 aliphatic carbocycles. The minimum absolute atomic E-state index is 0.293. The summed E-state index contributed by atoms with van der Waals surface area (Å²) in [4.78, 5) is 0. The Labute approximate surface area is 104 Å². The second-order valence-electron chi connectivity index (χ2n) is 5.05. The molecule has 2 nitrogen and oxygen atoms in total. The Morgan fingerprint density at radius 3 is 2.76 bits per heavy atom. The first-order valence-corrected chi connectivity index (χ1v) is 6.62. The molecule has 1 aliphatic heterocycles. The Bertz CT molecular complexity index is 317. The molecule has 3 unspecified atom stereocenters. The van der Waals surface area contributed by atoms with Gasteiger partial charge in [0.1, 0.15) is 0 Å². The van der Waals surface area contributed by atoms with Crippen LogP contribution in [0.1, 0.15) is 44.3 Å². The minimum Gasteiger partial charge on any atom is -0.388 e. The van der Waals surface area contributed by atoms with Crippen molar-refractivity contribution < 1.29 is 9.84 Å². The van der Waals surface area contributed by atoms with Crippen LogP contribution in [0.25, 0.3) is 0 Å². The van der Waals surface area contributed by atoms with Crippen LogP contribution < -0.4 is 0 Å². The van der Waals surface area contributed by atoms with Gasteiger partial charge in [0.15, 0.2) is 0 Å². The first-order chi connectivity index (χ1) is 8.27. The number of aliphatic hydroxyl groups is 1. The van der Waals surface area contributed by atoms with Crippen molar-refractivity contribution in [3.8, 4) is 0 Å². The summed E-state index contributed by atoms with van der Waals surface area (Å²) >= 11 is 0. The molecular weight excluding hydrogens is 212 g/mol. The topological polar surface area (TPSA) is 29.5 Å². The van der Waals surface area contributed by atoms with Crippen LogP contribution in [0, 0.1) is 5.92 Å². The van der Waals surface area contributed by atoms with Gasteiger partial charge < -0.3 is 9.84 Å². The van der Waals surface area contributed by atoms with Crippen molar-refractivity contribution in [2.45, 2.75) is 44.8 Å². The fraction of sp³-hybridized carbons (Fsp3) is 0.600. The molecule has 0 aromatic heterocycles. The first-order valence-electron chi connectivity index (χ1n) is 6.62. The Kier molecular flexibility index (Phi) is 4.57. The summed E-state index contributed by atoms with van der Waals surface area (Å²) < 4.78 is 5.61. The van der Waals surface area contributed by atoms with E-state index in [2.05, 4.69) is 6.92 Å². The summed E-state index contributed by atoms with van der Waals surface area (Å²) in [6.45, 7) is 3.03. The van der Waals surface area contributed by atoms with Crippen LogP contribution in [0.2, 0.25) is 0 Å². The summed E-state index contributed by atoms with van der Waals surface area (Å²) in [5.41, 5.74) is 1.02. The van der Waals surface area contributed by atoms with Crippen molar-refractivity contribution >= 4 is 0 Å². The quantitative estimate of drug-likeness (QED) is 0.847. The third-order valence-corrected chi connectivity index (χ3v) is 3.65. The lowest BCUT2D eigenvalue weighted by molar-refractivity contribution is 0.0752. The molecule has 0 bridgehead atoms. The van der Waals surface area contributed by atoms with Gasteiger partial charge in [0.2, 0.25) is 0 Å². The number of rotatable bonds is 5. The molecular formula is C15H22O2. The highest BCUT2D eigenvalue weighted by molar-refractivity contribution is 5.17. The van der Waals surface area contributed by atoms with E-state index in [-0.39, 0.29) is 6.10 Å². The van der Waals surface area contributed by atoms with Gasteiger partial charge in [0, 0.05) is 6.61 Å². The van der Waals surface area contributed by atoms with Crippen LogP contribution in [0.4, 0.5) is 0 Å². The zero-order valence-corrected chi connectivity index (χ0v) is 10.5. The van der Waals surface area contributed by atoms with Crippen LogP contribution in [-0.4, -0.2) is 17.8 Å². The molecule has 1 fully saturated rings. The molecule has 1 aromatic rings. The SMILES string of the molecule is CC(CCC1CCCO1)C(O)c1ccccc1. The molecule has 0 spiro atoms. The van der Waals surface area contributed by atoms with Crippen LogP contribution in [0.15, 0.2) is 30.3 Å². The number of ether oxygens (including phenoxy) is 1. The van der Waals surface area contributed by atoms with Gasteiger partial charge >= 0.3 is 0 Å². The zero-order valence-electron chi connectivity index (χ0n) is 10.5. The third kappa shape index (κ3) is 3.55. The fourth-order valence-corrected chi connectivity index (χ4v) is 2.46. The van der Waals surface area contributed by atoms with E-state index in [1.54, 1.807) is 0 Å². The predicted octanol–water partition coefficient (Wildman–Crippen LogP) is 3.32. The van der Waals surface area contributed by atoms with E-state index in [0.717, 1.165) is 25.0 Å². The largest absolute Gasteiger partial charge is 0.388 e. The summed E-state index contributed by atoms with van der Waals surface area (Å²) in [5, 5.41) is 10.2. The summed E-state index contributed by atoms with van der Waals surface area (Å²) in [6.07, 6.45) is 4.57. The predicted molar refractivity (Wildman–Crippen MR) is 68.8 cm³/mol. The maximum absolute atomic E-state index is 10.2. The summed E-state index contributed by atoms with van der Waals surface area (Å²) in [5.74, 6) is 0.293. The summed E-state index contributed by atoms with van der Waals surface area (Å²) in [7, 11) is 0. The van der Waals surface area contributed by atoms with Gasteiger partial charge in [-0.05, 0) is 37.2 Å². The molecule has 1 saturated heterocycles. The lowest BCUT2D eigenvalue weighted by Crippen LogP contribution is -2.13. The normalized spacial score (nSPS) is 23.5. The van der Waals surface area contributed by atoms with Gasteiger partial charge in [-0.25, -0.2) is 0 Å². The number of hydrogen-bond donors (Lipinski definition) is 1. The molecule has 0 radical (unpaired) electrons. The van der Waals surface area contributed by atoms with E-state index in [1.807, 2.05) is 30.3 Å². The third-order valence-electron chi connectivity index (χ3n) is 3.65. The second-order valence-corrected chi connectivity index (χ2v) is 5.05. The van der Waals surface area contributed by atoms with E-state index >= 15 is 0 Å². The Morgan fingerprint density at radius 2 is 2.12 bits per heavy atom. The van der Waals surface area contributed by atoms with E-state index in [9.17, 15) is 5.11 Å². The molecule has 0 amide bonds. The van der Waals surface area contributed by atoms with E-state index in [1.165, 1.54) is 12.8 Å². The molecule has 94 valence electrons. The molecule has 2 heteroatoms. The highest BCUT2D eigenvalue weighted by Crippen LogP contribution is 2.27. The van der Waals surface area contributed by atoms with Crippen molar-refractivity contribution in [3.05, 3.63) is 35.9 Å². The van der Waals surface area contributed by atoms with Gasteiger partial charge in [-0.15, -0.1) is 0 Å². The van der Waals surface area contributed by atoms with Crippen molar-refractivity contribution in [3.63, 3.8) is 0 Å². The van der Waals surface area contributed by atoms with Crippen molar-refractivity contribution in [1.82, 2.24) is 0 Å². The van der Waals surface area contributed by atoms with Gasteiger partial charge in [-0.1, -0.05) is 37.3 Å². The van der Waals surface area contributed by atoms with Crippen LogP contribution in [0.3, 0.4) is 0 Å². The van der Waals surface area contributed by atoms with Crippen LogP contribution in [-0.2, 0) is 4.74 Å². The minimum atomic E-state index is -0.349. The second kappa shape index (κ2) is 6.18. The molecule has 1 heterocycles. The Hall–Kier alpha value is -0.860. The van der Waals surface area contributed by atoms with Crippen molar-refractivity contribution in [2.75, 3.05) is 6.61 Å². The van der Waals surface area contributed by atoms with Gasteiger partial charge in [0.05, 0.1) is 12.2 Å². The van der Waals surface area contributed by atoms with Gasteiger partial charge in [-0.3, -0.25) is 0 Å². The van der Waals surface area contributed by atoms with E-state index in [4.69, 9.17) is 4.74 Å². The average Bonchev–Trinajstić information content (AvgIpc) is 2.89. The maximum atomic E-state index is 10.2. The van der Waals surface area contributed by atoms with Crippen LogP contribution >= 0.6 is 0 Å². The highest BCUT2D eigenvalue weighted by atomic mass is 16.5. The van der Waals surface area contributed by atoms with Gasteiger partial charge in [-0.2, -0.15) is 0 Å². The average molecular weight is 234 g/mol. The molecule has 2 rings (SSSR count). The number of aliphatic hydroxyl groups excluding tert-OH is 1. The maximum Gasteiger partial charge on any atom is 0.0815 e. The molecule has 1 aromatic carbocycles. The Balaban J connectivity index is 1.80. The Morgan fingerprint density at radius 1 is 1.35 bits per heavy atom. The monoisotopic (exact) mass is 234 g/mol. The number of benzene rings is 1. The molecule has 1 aliphatic rings. The standard InChI is InChI=1S/C15H22O2/c1-12(9-10-14-8-5-11-17-14)15(16)13-6-3-2-4-7-13/h2-4,6-7,12,14-16H,5,8-11H2,1H3. The zero-order chi connectivity index (χ0) is 12.1. The smallest absolute Gasteiger partial charge is 0.0815 e. The van der Waals surface area contributed by atoms with Crippen molar-refractivity contribution in [1.29, 1.82) is 0 Å². The number of hydrogen-bond acceptors (Lipinski definition) is 2. The molecule has 17 heavy (non-hydrogen) atoms. The fourth-order valence-electron chi connectivity index (χ4n) is 2.46. The summed E-state index contributed by atoms with van der Waals surface area (Å²) in [6, 6.07) is 9.92. The van der Waals surface area contributed by atoms with Gasteiger partial charge in [0.25, 0.3) is 0 Å². The molecule has 1 N–H and O–H groups in total.